The topological polar surface area (TPSA) is 64.0 Å². The highest BCUT2D eigenvalue weighted by molar-refractivity contribution is 5.82. The summed E-state index contributed by atoms with van der Waals surface area (Å²) >= 11 is 0. The van der Waals surface area contributed by atoms with Gasteiger partial charge in [-0.1, -0.05) is 127 Å². The largest absolute Gasteiger partial charge is 0.475 e. The Balaban J connectivity index is 0.952. The summed E-state index contributed by atoms with van der Waals surface area (Å²) in [5, 5.41) is 0. The van der Waals surface area contributed by atoms with Crippen LogP contribution in [0.2, 0.25) is 0 Å². The second-order valence-electron chi connectivity index (χ2n) is 15.8. The van der Waals surface area contributed by atoms with Crippen LogP contribution in [0.3, 0.4) is 0 Å². The summed E-state index contributed by atoms with van der Waals surface area (Å²) in [6.45, 7) is 3.97. The van der Waals surface area contributed by atoms with Gasteiger partial charge in [0.2, 0.25) is 0 Å². The molecule has 1 aliphatic carbocycles. The minimum atomic E-state index is -0.772. The van der Waals surface area contributed by atoms with Gasteiger partial charge in [-0.2, -0.15) is 0 Å². The molecular formula is C52H51FN2O5. The van der Waals surface area contributed by atoms with Gasteiger partial charge >= 0.3 is 0 Å². The van der Waals surface area contributed by atoms with Crippen molar-refractivity contribution in [2.75, 3.05) is 26.6 Å². The van der Waals surface area contributed by atoms with Crippen molar-refractivity contribution in [3.05, 3.63) is 174 Å². The molecule has 0 spiro atoms. The molecule has 2 aliphatic rings. The van der Waals surface area contributed by atoms with E-state index >= 15 is 4.39 Å². The van der Waals surface area contributed by atoms with Crippen LogP contribution in [-0.4, -0.2) is 42.3 Å². The summed E-state index contributed by atoms with van der Waals surface area (Å²) < 4.78 is 49.5. The van der Waals surface area contributed by atoms with Crippen molar-refractivity contribution in [3.8, 4) is 34.0 Å². The van der Waals surface area contributed by atoms with Gasteiger partial charge in [0.25, 0.3) is 0 Å². The van der Waals surface area contributed by atoms with Crippen LogP contribution in [0.5, 0.6) is 11.6 Å². The van der Waals surface area contributed by atoms with Crippen molar-refractivity contribution < 1.29 is 28.1 Å². The third kappa shape index (κ3) is 8.33. The highest BCUT2D eigenvalue weighted by atomic mass is 19.1. The summed E-state index contributed by atoms with van der Waals surface area (Å²) in [6, 6.07) is 50.8. The van der Waals surface area contributed by atoms with Crippen molar-refractivity contribution in [2.24, 2.45) is 5.92 Å². The van der Waals surface area contributed by atoms with Crippen molar-refractivity contribution in [1.82, 2.24) is 9.55 Å². The van der Waals surface area contributed by atoms with Crippen LogP contribution < -0.4 is 9.47 Å². The Kier molecular flexibility index (Phi) is 12.0. The molecule has 2 aromatic heterocycles. The lowest BCUT2D eigenvalue weighted by Crippen LogP contribution is -2.34. The van der Waals surface area contributed by atoms with Gasteiger partial charge in [-0.3, -0.25) is 4.57 Å². The van der Waals surface area contributed by atoms with Crippen LogP contribution in [0.4, 0.5) is 4.39 Å². The normalized spacial score (nSPS) is 18.1. The highest BCUT2D eigenvalue weighted by Crippen LogP contribution is 2.43. The molecule has 1 saturated carbocycles. The molecular weight excluding hydrogens is 752 g/mol. The molecule has 1 saturated heterocycles. The smallest absolute Gasteiger partial charge is 0.198 e. The first kappa shape index (κ1) is 39.6. The SMILES string of the molecule is CCOCOc1ccc(-c2ccc(-c3nc4cc(O[C@@H]5CC[C@H](COC(c6ccccc6)(c6ccccc6)c6ccccc6)C5)n(C5CCCCO5)c4cc3F)cc2)cc1. The lowest BCUT2D eigenvalue weighted by Gasteiger charge is -2.37. The average molecular weight is 803 g/mol. The standard InChI is InChI=1S/C52H51FN2O5/c1-2-56-36-58-44-29-26-39(27-30-44)38-22-24-40(25-23-38)51-46(53)33-48-47(54-51)34-50(55(48)49-20-12-13-31-57-49)60-45-28-21-37(32-45)35-59-52(41-14-6-3-7-15-41,42-16-8-4-9-17-42)43-18-10-5-11-19-43/h3-11,14-19,22-27,29-30,33-34,37,45,49H,2,12-13,20-21,28,31-32,35-36H2,1H3/t37-,45+,49?/m0/s1. The molecule has 9 rings (SSSR count). The molecule has 0 amide bonds. The second kappa shape index (κ2) is 18.2. The molecule has 60 heavy (non-hydrogen) atoms. The summed E-state index contributed by atoms with van der Waals surface area (Å²) in [4.78, 5) is 4.92. The monoisotopic (exact) mass is 802 g/mol. The zero-order chi connectivity index (χ0) is 40.7. The minimum Gasteiger partial charge on any atom is -0.475 e. The maximum atomic E-state index is 16.2. The minimum absolute atomic E-state index is 0.0352. The van der Waals surface area contributed by atoms with E-state index in [1.807, 2.05) is 84.3 Å². The molecule has 2 fully saturated rings. The average Bonchev–Trinajstić information content (AvgIpc) is 3.91. The second-order valence-corrected chi connectivity index (χ2v) is 15.8. The highest BCUT2D eigenvalue weighted by Gasteiger charge is 2.39. The Morgan fingerprint density at radius 1 is 0.717 bits per heavy atom. The number of aromatic nitrogens is 2. The van der Waals surface area contributed by atoms with E-state index in [1.165, 1.54) is 0 Å². The molecule has 306 valence electrons. The van der Waals surface area contributed by atoms with Crippen LogP contribution in [0.15, 0.2) is 152 Å². The van der Waals surface area contributed by atoms with Crippen LogP contribution in [0.1, 0.15) is 68.4 Å². The summed E-state index contributed by atoms with van der Waals surface area (Å²) in [7, 11) is 0. The molecule has 0 radical (unpaired) electrons. The van der Waals surface area contributed by atoms with Crippen LogP contribution in [-0.2, 0) is 19.8 Å². The Hall–Kier alpha value is -5.80. The molecule has 8 heteroatoms. The van der Waals surface area contributed by atoms with Crippen molar-refractivity contribution in [2.45, 2.75) is 63.4 Å². The maximum absolute atomic E-state index is 16.2. The fourth-order valence-corrected chi connectivity index (χ4v) is 8.84. The molecule has 0 bridgehead atoms. The number of nitrogens with zero attached hydrogens (tertiary/aromatic N) is 2. The molecule has 7 aromatic rings. The fraction of sp³-hybridized carbons (Fsp3) is 0.288. The number of hydrogen-bond donors (Lipinski definition) is 0. The molecule has 1 unspecified atom stereocenters. The van der Waals surface area contributed by atoms with Gasteiger partial charge in [-0.25, -0.2) is 9.37 Å². The van der Waals surface area contributed by atoms with Crippen molar-refractivity contribution in [1.29, 1.82) is 0 Å². The molecule has 3 atom stereocenters. The van der Waals surface area contributed by atoms with E-state index in [1.54, 1.807) is 6.07 Å². The lowest BCUT2D eigenvalue weighted by atomic mass is 9.80. The van der Waals surface area contributed by atoms with Gasteiger partial charge in [0.1, 0.15) is 29.4 Å². The quantitative estimate of drug-likeness (QED) is 0.0584. The van der Waals surface area contributed by atoms with Gasteiger partial charge in [0.15, 0.2) is 18.5 Å². The summed E-state index contributed by atoms with van der Waals surface area (Å²) in [5.74, 6) is 1.31. The summed E-state index contributed by atoms with van der Waals surface area (Å²) in [6.07, 6.45) is 5.27. The Morgan fingerprint density at radius 2 is 1.33 bits per heavy atom. The number of benzene rings is 5. The van der Waals surface area contributed by atoms with Gasteiger partial charge in [-0.05, 0) is 91.3 Å². The van der Waals surface area contributed by atoms with E-state index in [-0.39, 0.29) is 30.9 Å². The number of rotatable bonds is 15. The predicted molar refractivity (Wildman–Crippen MR) is 233 cm³/mol. The van der Waals surface area contributed by atoms with E-state index < -0.39 is 5.60 Å². The summed E-state index contributed by atoms with van der Waals surface area (Å²) in [5.41, 5.74) is 6.92. The first-order chi connectivity index (χ1) is 29.6. The first-order valence-electron chi connectivity index (χ1n) is 21.3. The number of pyridine rings is 1. The van der Waals surface area contributed by atoms with E-state index in [2.05, 4.69) is 72.8 Å². The fourth-order valence-electron chi connectivity index (χ4n) is 8.84. The van der Waals surface area contributed by atoms with Gasteiger partial charge in [0, 0.05) is 30.9 Å². The Bertz CT molecular complexity index is 2350. The van der Waals surface area contributed by atoms with E-state index in [4.69, 9.17) is 28.7 Å². The number of fused-ring (bicyclic) bond motifs is 1. The van der Waals surface area contributed by atoms with Crippen molar-refractivity contribution in [3.63, 3.8) is 0 Å². The van der Waals surface area contributed by atoms with Gasteiger partial charge < -0.3 is 23.7 Å². The first-order valence-corrected chi connectivity index (χ1v) is 21.3. The molecule has 5 aromatic carbocycles. The van der Waals surface area contributed by atoms with E-state index in [9.17, 15) is 0 Å². The molecule has 0 N–H and O–H groups in total. The molecule has 7 nitrogen and oxygen atoms in total. The Morgan fingerprint density at radius 3 is 1.93 bits per heavy atom. The number of hydrogen-bond acceptors (Lipinski definition) is 6. The van der Waals surface area contributed by atoms with Gasteiger partial charge in [0.05, 0.1) is 17.6 Å². The predicted octanol–water partition coefficient (Wildman–Crippen LogP) is 12.1. The van der Waals surface area contributed by atoms with Crippen molar-refractivity contribution >= 4 is 11.0 Å². The van der Waals surface area contributed by atoms with Crippen LogP contribution >= 0.6 is 0 Å². The zero-order valence-corrected chi connectivity index (χ0v) is 34.1. The number of ether oxygens (including phenoxy) is 5. The zero-order valence-electron chi connectivity index (χ0n) is 34.1. The molecule has 1 aliphatic heterocycles. The lowest BCUT2D eigenvalue weighted by molar-refractivity contribution is -0.0351. The van der Waals surface area contributed by atoms with E-state index in [0.717, 1.165) is 72.1 Å². The maximum Gasteiger partial charge on any atom is 0.198 e. The van der Waals surface area contributed by atoms with E-state index in [0.29, 0.717) is 48.0 Å². The third-order valence-corrected chi connectivity index (χ3v) is 11.9. The van der Waals surface area contributed by atoms with Gasteiger partial charge in [-0.15, -0.1) is 0 Å². The third-order valence-electron chi connectivity index (χ3n) is 11.9. The number of halogens is 1. The molecule has 3 heterocycles. The van der Waals surface area contributed by atoms with Crippen LogP contribution in [0.25, 0.3) is 33.4 Å². The van der Waals surface area contributed by atoms with Crippen LogP contribution in [0, 0.1) is 11.7 Å². The Labute approximate surface area is 351 Å².